The molecule has 0 bridgehead atoms. The molecule has 3 rings (SSSR count). The predicted octanol–water partition coefficient (Wildman–Crippen LogP) is 7.06. The minimum absolute atomic E-state index is 0.0171. The summed E-state index contributed by atoms with van der Waals surface area (Å²) in [4.78, 5) is 55.2. The van der Waals surface area contributed by atoms with Crippen molar-refractivity contribution >= 4 is 52.3 Å². The summed E-state index contributed by atoms with van der Waals surface area (Å²) < 4.78 is 49.8. The Morgan fingerprint density at radius 2 is 1.64 bits per heavy atom. The number of unbranched alkanes of at least 4 members (excludes halogenated alkanes) is 1. The van der Waals surface area contributed by atoms with E-state index in [1.807, 2.05) is 0 Å². The Morgan fingerprint density at radius 3 is 2.32 bits per heavy atom. The van der Waals surface area contributed by atoms with Gasteiger partial charge in [0.05, 0.1) is 29.9 Å². The lowest BCUT2D eigenvalue weighted by Gasteiger charge is -2.31. The lowest BCUT2D eigenvalue weighted by Crippen LogP contribution is -2.50. The molecule has 0 unspecified atom stereocenters. The minimum atomic E-state index is -1.13. The molecule has 3 aromatic rings. The first-order valence-electron chi connectivity index (χ1n) is 17.1. The number of carbonyl (C=O) groups excluding carboxylic acids is 4. The average molecular weight is 764 g/mol. The third-order valence-electron chi connectivity index (χ3n) is 7.33. The lowest BCUT2D eigenvalue weighted by molar-refractivity contribution is -0.149. The second kappa shape index (κ2) is 19.5. The van der Waals surface area contributed by atoms with Gasteiger partial charge in [-0.05, 0) is 102 Å². The number of anilines is 1. The van der Waals surface area contributed by atoms with E-state index in [1.54, 1.807) is 53.7 Å². The molecule has 290 valence electrons. The van der Waals surface area contributed by atoms with Crippen molar-refractivity contribution < 1.29 is 46.9 Å². The van der Waals surface area contributed by atoms with Gasteiger partial charge in [0.1, 0.15) is 29.7 Å². The van der Waals surface area contributed by atoms with Crippen LogP contribution in [-0.4, -0.2) is 77.2 Å². The number of nitrogens with zero attached hydrogens (tertiary/aromatic N) is 2. The van der Waals surface area contributed by atoms with Crippen molar-refractivity contribution in [3.63, 3.8) is 0 Å². The third-order valence-corrected chi connectivity index (χ3v) is 7.75. The fourth-order valence-electron chi connectivity index (χ4n) is 4.84. The van der Waals surface area contributed by atoms with Crippen LogP contribution < -0.4 is 16.1 Å². The van der Waals surface area contributed by atoms with Gasteiger partial charge >= 0.3 is 18.2 Å². The molecule has 0 saturated carbocycles. The van der Waals surface area contributed by atoms with Crippen molar-refractivity contribution in [1.82, 2.24) is 20.7 Å². The summed E-state index contributed by atoms with van der Waals surface area (Å²) in [6, 6.07) is 8.10. The van der Waals surface area contributed by atoms with Crippen molar-refractivity contribution in [2.75, 3.05) is 25.1 Å². The Bertz CT molecular complexity index is 1730. The highest BCUT2D eigenvalue weighted by Crippen LogP contribution is 2.21. The van der Waals surface area contributed by atoms with Gasteiger partial charge in [-0.1, -0.05) is 23.7 Å². The zero-order valence-electron chi connectivity index (χ0n) is 31.0. The number of rotatable bonds is 16. The topological polar surface area (TPSA) is 157 Å². The molecule has 0 aliphatic heterocycles. The Kier molecular flexibility index (Phi) is 15.7. The maximum atomic E-state index is 14.1. The molecule has 1 heterocycles. The fraction of sp³-hybridized carbons (Fsp3) is 0.486. The Hall–Kier alpha value is -4.60. The molecule has 3 amide bonds. The van der Waals surface area contributed by atoms with Crippen LogP contribution >= 0.6 is 11.6 Å². The Labute approximate surface area is 313 Å². The molecule has 0 aliphatic rings. The maximum Gasteiger partial charge on any atom is 0.412 e. The zero-order valence-corrected chi connectivity index (χ0v) is 31.8. The highest BCUT2D eigenvalue weighted by atomic mass is 35.5. The molecule has 1 aromatic heterocycles. The van der Waals surface area contributed by atoms with E-state index in [0.717, 1.165) is 0 Å². The van der Waals surface area contributed by atoms with Crippen molar-refractivity contribution in [2.45, 2.75) is 97.6 Å². The minimum Gasteiger partial charge on any atom is -0.464 e. The van der Waals surface area contributed by atoms with E-state index in [1.165, 1.54) is 48.5 Å². The molecular weight excluding hydrogens is 716 g/mol. The molecule has 0 aliphatic carbocycles. The van der Waals surface area contributed by atoms with Crippen LogP contribution in [0, 0.1) is 11.6 Å². The second-order valence-electron chi connectivity index (χ2n) is 14.2. The molecule has 0 radical (unpaired) electrons. The number of ether oxygens (including phenoxy) is 4. The van der Waals surface area contributed by atoms with E-state index in [-0.39, 0.29) is 43.6 Å². The van der Waals surface area contributed by atoms with Crippen molar-refractivity contribution in [2.24, 2.45) is 0 Å². The van der Waals surface area contributed by atoms with Gasteiger partial charge in [-0.3, -0.25) is 15.1 Å². The van der Waals surface area contributed by atoms with Gasteiger partial charge in [0, 0.05) is 25.1 Å². The summed E-state index contributed by atoms with van der Waals surface area (Å²) in [5.41, 5.74) is 1.97. The number of nitrogens with one attached hydrogen (secondary N) is 3. The van der Waals surface area contributed by atoms with Crippen LogP contribution in [0.5, 0.6) is 0 Å². The summed E-state index contributed by atoms with van der Waals surface area (Å²) in [5.74, 6) is -2.09. The zero-order chi connectivity index (χ0) is 39.3. The number of hydrogen-bond acceptors (Lipinski definition) is 10. The van der Waals surface area contributed by atoms with Gasteiger partial charge in [0.15, 0.2) is 6.04 Å². The molecule has 0 spiro atoms. The SMILES string of the molecule is CC(=O)N(NCc1cccc(F)c1Cl)[C@@H](CCCCOC(=O)[C@@H](COC(C)(C)C)NC(=O)OC(C)(C)C)COC(=O)Nc1cc2cc(F)ccc2cn1. The summed E-state index contributed by atoms with van der Waals surface area (Å²) in [6.07, 6.45) is 0.818. The summed E-state index contributed by atoms with van der Waals surface area (Å²) in [5, 5.41) is 7.36. The normalized spacial score (nSPS) is 12.8. The number of halogens is 3. The molecule has 2 aromatic carbocycles. The molecule has 16 heteroatoms. The number of fused-ring (bicyclic) bond motifs is 1. The number of carbonyl (C=O) groups is 4. The summed E-state index contributed by atoms with van der Waals surface area (Å²) in [7, 11) is 0. The van der Waals surface area contributed by atoms with E-state index in [9.17, 15) is 28.0 Å². The predicted molar refractivity (Wildman–Crippen MR) is 195 cm³/mol. The quantitative estimate of drug-likeness (QED) is 0.0597. The molecular formula is C37H48ClF2N5O8. The molecule has 0 fully saturated rings. The van der Waals surface area contributed by atoms with Gasteiger partial charge in [0.25, 0.3) is 0 Å². The van der Waals surface area contributed by atoms with Crippen LogP contribution in [0.1, 0.15) is 73.3 Å². The van der Waals surface area contributed by atoms with Gasteiger partial charge in [-0.15, -0.1) is 0 Å². The lowest BCUT2D eigenvalue weighted by atomic mass is 10.1. The molecule has 13 nitrogen and oxygen atoms in total. The maximum absolute atomic E-state index is 14.1. The second-order valence-corrected chi connectivity index (χ2v) is 14.5. The first-order chi connectivity index (χ1) is 24.8. The van der Waals surface area contributed by atoms with E-state index < -0.39 is 59.0 Å². The van der Waals surface area contributed by atoms with E-state index in [2.05, 4.69) is 21.0 Å². The number of pyridine rings is 1. The van der Waals surface area contributed by atoms with Crippen LogP contribution in [0.3, 0.4) is 0 Å². The molecule has 0 saturated heterocycles. The number of amides is 3. The van der Waals surface area contributed by atoms with Crippen LogP contribution in [0.15, 0.2) is 48.7 Å². The van der Waals surface area contributed by atoms with Gasteiger partial charge in [-0.2, -0.15) is 0 Å². The average Bonchev–Trinajstić information content (AvgIpc) is 3.05. The van der Waals surface area contributed by atoms with E-state index in [4.69, 9.17) is 30.5 Å². The fourth-order valence-corrected chi connectivity index (χ4v) is 5.03. The number of aromatic nitrogens is 1. The molecule has 3 N–H and O–H groups in total. The number of esters is 1. The van der Waals surface area contributed by atoms with Crippen molar-refractivity contribution in [1.29, 1.82) is 0 Å². The van der Waals surface area contributed by atoms with Crippen LogP contribution in [-0.2, 0) is 35.1 Å². The summed E-state index contributed by atoms with van der Waals surface area (Å²) >= 11 is 6.12. The number of hydrogen-bond donors (Lipinski definition) is 3. The van der Waals surface area contributed by atoms with Crippen molar-refractivity contribution in [3.8, 4) is 0 Å². The smallest absolute Gasteiger partial charge is 0.412 e. The molecule has 53 heavy (non-hydrogen) atoms. The highest BCUT2D eigenvalue weighted by molar-refractivity contribution is 6.31. The van der Waals surface area contributed by atoms with Crippen LogP contribution in [0.2, 0.25) is 5.02 Å². The number of hydrazine groups is 1. The van der Waals surface area contributed by atoms with E-state index >= 15 is 0 Å². The Balaban J connectivity index is 1.66. The first kappa shape index (κ1) is 42.8. The largest absolute Gasteiger partial charge is 0.464 e. The van der Waals surface area contributed by atoms with Crippen LogP contribution in [0.4, 0.5) is 24.2 Å². The monoisotopic (exact) mass is 763 g/mol. The van der Waals surface area contributed by atoms with E-state index in [0.29, 0.717) is 29.2 Å². The summed E-state index contributed by atoms with van der Waals surface area (Å²) in [6.45, 7) is 11.3. The number of alkyl carbamates (subject to hydrolysis) is 1. The third kappa shape index (κ3) is 15.1. The Morgan fingerprint density at radius 1 is 0.906 bits per heavy atom. The number of benzene rings is 2. The van der Waals surface area contributed by atoms with Crippen LogP contribution in [0.25, 0.3) is 10.8 Å². The van der Waals surface area contributed by atoms with Gasteiger partial charge < -0.3 is 24.3 Å². The van der Waals surface area contributed by atoms with Gasteiger partial charge in [0.2, 0.25) is 5.91 Å². The molecule has 2 atom stereocenters. The van der Waals surface area contributed by atoms with Gasteiger partial charge in [-0.25, -0.2) is 33.6 Å². The standard InChI is InChI=1S/C37H48ClF2N5O8/c1-23(46)45(42-20-25-11-10-13-29(40)32(25)38)28(21-51-34(48)44-31-18-26-17-27(39)15-14-24(26)19-41-31)12-8-9-16-50-33(47)30(22-52-36(2,3)4)43-35(49)53-37(5,6)7/h10-11,13-15,17-19,28,30,42H,8-9,12,16,20-22H2,1-7H3,(H,43,49)(H,41,44,48)/t28-,30+/m0/s1. The first-order valence-corrected chi connectivity index (χ1v) is 17.4. The van der Waals surface area contributed by atoms with Crippen molar-refractivity contribution in [3.05, 3.63) is 70.9 Å². The highest BCUT2D eigenvalue weighted by Gasteiger charge is 2.28.